The third-order valence-electron chi connectivity index (χ3n) is 3.24. The minimum Gasteiger partial charge on any atom is -0.477 e. The molecular weight excluding hydrogens is 260 g/mol. The summed E-state index contributed by atoms with van der Waals surface area (Å²) in [4.78, 5) is 30.5. The van der Waals surface area contributed by atoms with Gasteiger partial charge in [0.2, 0.25) is 0 Å². The molecule has 7 nitrogen and oxygen atoms in total. The molecule has 0 aromatic carbocycles. The summed E-state index contributed by atoms with van der Waals surface area (Å²) >= 11 is 0. The number of aromatic nitrogens is 1. The van der Waals surface area contributed by atoms with Gasteiger partial charge in [0.1, 0.15) is 5.69 Å². The van der Waals surface area contributed by atoms with Crippen LogP contribution in [-0.2, 0) is 0 Å². The average molecular weight is 278 g/mol. The molecule has 1 aromatic heterocycles. The summed E-state index contributed by atoms with van der Waals surface area (Å²) in [6, 6.07) is 2.73. The first kappa shape index (κ1) is 14.3. The van der Waals surface area contributed by atoms with Crippen LogP contribution >= 0.6 is 0 Å². The number of carboxylic acids is 1. The van der Waals surface area contributed by atoms with Gasteiger partial charge in [0.25, 0.3) is 0 Å². The number of pyridine rings is 1. The number of rotatable bonds is 2. The smallest absolute Gasteiger partial charge is 0.354 e. The zero-order valence-electron chi connectivity index (χ0n) is 11.4. The third kappa shape index (κ3) is 3.67. The Kier molecular flexibility index (Phi) is 4.52. The van der Waals surface area contributed by atoms with Crippen LogP contribution in [0.4, 0.5) is 10.5 Å². The van der Waals surface area contributed by atoms with Gasteiger partial charge in [-0.1, -0.05) is 0 Å². The van der Waals surface area contributed by atoms with E-state index in [1.807, 2.05) is 7.05 Å². The van der Waals surface area contributed by atoms with Gasteiger partial charge in [-0.05, 0) is 32.1 Å². The van der Waals surface area contributed by atoms with E-state index in [4.69, 9.17) is 5.11 Å². The highest BCUT2D eigenvalue weighted by Crippen LogP contribution is 2.09. The first-order valence-corrected chi connectivity index (χ1v) is 6.50. The normalized spacial score (nSPS) is 16.6. The van der Waals surface area contributed by atoms with Crippen molar-refractivity contribution in [3.63, 3.8) is 0 Å². The summed E-state index contributed by atoms with van der Waals surface area (Å²) in [5.41, 5.74) is 0.456. The monoisotopic (exact) mass is 278 g/mol. The lowest BCUT2D eigenvalue weighted by Gasteiger charge is -2.20. The summed E-state index contributed by atoms with van der Waals surface area (Å²) in [6.07, 6.45) is 2.30. The quantitative estimate of drug-likeness (QED) is 0.841. The molecule has 2 amide bonds. The van der Waals surface area contributed by atoms with E-state index in [0.717, 1.165) is 26.1 Å². The van der Waals surface area contributed by atoms with E-state index in [2.05, 4.69) is 15.2 Å². The van der Waals surface area contributed by atoms with Crippen LogP contribution in [0.3, 0.4) is 0 Å². The van der Waals surface area contributed by atoms with E-state index >= 15 is 0 Å². The van der Waals surface area contributed by atoms with E-state index < -0.39 is 5.97 Å². The molecule has 1 aromatic rings. The first-order chi connectivity index (χ1) is 9.56. The van der Waals surface area contributed by atoms with Crippen molar-refractivity contribution in [2.45, 2.75) is 6.42 Å². The van der Waals surface area contributed by atoms with Gasteiger partial charge in [-0.25, -0.2) is 14.6 Å². The fraction of sp³-hybridized carbons (Fsp3) is 0.462. The second-order valence-corrected chi connectivity index (χ2v) is 4.81. The number of urea groups is 1. The summed E-state index contributed by atoms with van der Waals surface area (Å²) in [5, 5.41) is 11.5. The van der Waals surface area contributed by atoms with Gasteiger partial charge in [0, 0.05) is 19.6 Å². The zero-order chi connectivity index (χ0) is 14.5. The number of hydrogen-bond donors (Lipinski definition) is 2. The van der Waals surface area contributed by atoms with Crippen LogP contribution in [0, 0.1) is 0 Å². The molecule has 1 fully saturated rings. The Balaban J connectivity index is 1.95. The van der Waals surface area contributed by atoms with Gasteiger partial charge in [-0.15, -0.1) is 0 Å². The van der Waals surface area contributed by atoms with E-state index in [9.17, 15) is 9.59 Å². The molecule has 2 rings (SSSR count). The maximum atomic E-state index is 12.1. The van der Waals surface area contributed by atoms with E-state index in [0.29, 0.717) is 12.2 Å². The predicted molar refractivity (Wildman–Crippen MR) is 73.9 cm³/mol. The van der Waals surface area contributed by atoms with Crippen molar-refractivity contribution in [2.75, 3.05) is 38.5 Å². The number of hydrogen-bond acceptors (Lipinski definition) is 4. The lowest BCUT2D eigenvalue weighted by Crippen LogP contribution is -2.37. The van der Waals surface area contributed by atoms with Gasteiger partial charge in [0.05, 0.1) is 11.9 Å². The summed E-state index contributed by atoms with van der Waals surface area (Å²) in [7, 11) is 2.04. The second-order valence-electron chi connectivity index (χ2n) is 4.81. The van der Waals surface area contributed by atoms with Crippen LogP contribution in [0.5, 0.6) is 0 Å². The third-order valence-corrected chi connectivity index (χ3v) is 3.24. The lowest BCUT2D eigenvalue weighted by atomic mass is 10.3. The number of anilines is 1. The summed E-state index contributed by atoms with van der Waals surface area (Å²) in [6.45, 7) is 3.24. The highest BCUT2D eigenvalue weighted by atomic mass is 16.4. The molecule has 0 unspecified atom stereocenters. The molecule has 0 spiro atoms. The predicted octanol–water partition coefficient (Wildman–Crippen LogP) is 0.949. The van der Waals surface area contributed by atoms with Crippen LogP contribution in [0.1, 0.15) is 16.9 Å². The van der Waals surface area contributed by atoms with Gasteiger partial charge in [0.15, 0.2) is 0 Å². The fourth-order valence-corrected chi connectivity index (χ4v) is 2.05. The maximum absolute atomic E-state index is 12.1. The van der Waals surface area contributed by atoms with Gasteiger partial charge < -0.3 is 20.2 Å². The first-order valence-electron chi connectivity index (χ1n) is 6.50. The summed E-state index contributed by atoms with van der Waals surface area (Å²) in [5.74, 6) is -1.08. The highest BCUT2D eigenvalue weighted by molar-refractivity contribution is 5.90. The van der Waals surface area contributed by atoms with E-state index in [1.165, 1.54) is 18.3 Å². The molecule has 0 aliphatic carbocycles. The van der Waals surface area contributed by atoms with Crippen LogP contribution in [0.15, 0.2) is 18.3 Å². The topological polar surface area (TPSA) is 85.8 Å². The molecule has 0 atom stereocenters. The van der Waals surface area contributed by atoms with E-state index in [1.54, 1.807) is 4.90 Å². The van der Waals surface area contributed by atoms with Crippen LogP contribution in [0.2, 0.25) is 0 Å². The van der Waals surface area contributed by atoms with Gasteiger partial charge in [-0.2, -0.15) is 0 Å². The molecule has 20 heavy (non-hydrogen) atoms. The van der Waals surface area contributed by atoms with Crippen LogP contribution < -0.4 is 5.32 Å². The van der Waals surface area contributed by atoms with Crippen molar-refractivity contribution in [2.24, 2.45) is 0 Å². The Morgan fingerprint density at radius 2 is 2.05 bits per heavy atom. The number of aromatic carboxylic acids is 1. The molecule has 108 valence electrons. The van der Waals surface area contributed by atoms with Crippen LogP contribution in [0.25, 0.3) is 0 Å². The van der Waals surface area contributed by atoms with Crippen molar-refractivity contribution in [1.29, 1.82) is 0 Å². The van der Waals surface area contributed by atoms with Gasteiger partial charge >= 0.3 is 12.0 Å². The number of carbonyl (C=O) groups is 2. The molecule has 0 bridgehead atoms. The summed E-state index contributed by atoms with van der Waals surface area (Å²) < 4.78 is 0. The Morgan fingerprint density at radius 3 is 2.70 bits per heavy atom. The standard InChI is InChI=1S/C13H18N4O3/c1-16-5-2-6-17(8-7-16)13(20)15-10-3-4-11(12(18)19)14-9-10/h3-4,9H,2,5-8H2,1H3,(H,15,20)(H,18,19). The number of nitrogens with zero attached hydrogens (tertiary/aromatic N) is 3. The van der Waals surface area contributed by atoms with Crippen molar-refractivity contribution in [3.8, 4) is 0 Å². The number of carbonyl (C=O) groups excluding carboxylic acids is 1. The Labute approximate surface area is 117 Å². The Bertz CT molecular complexity index is 489. The molecule has 7 heteroatoms. The molecule has 0 saturated carbocycles. The van der Waals surface area contributed by atoms with Crippen molar-refractivity contribution >= 4 is 17.7 Å². The minimum absolute atomic E-state index is 0.0422. The average Bonchev–Trinajstić information content (AvgIpc) is 2.64. The molecule has 0 radical (unpaired) electrons. The number of carboxylic acid groups (broad SMARTS) is 1. The Morgan fingerprint density at radius 1 is 1.25 bits per heavy atom. The molecular formula is C13H18N4O3. The highest BCUT2D eigenvalue weighted by Gasteiger charge is 2.17. The second kappa shape index (κ2) is 6.33. The minimum atomic E-state index is -1.08. The van der Waals surface area contributed by atoms with Crippen molar-refractivity contribution in [1.82, 2.24) is 14.8 Å². The number of likely N-dealkylation sites (N-methyl/N-ethyl adjacent to an activating group) is 1. The number of nitrogens with one attached hydrogen (secondary N) is 1. The van der Waals surface area contributed by atoms with E-state index in [-0.39, 0.29) is 11.7 Å². The molecule has 1 aliphatic rings. The Hall–Kier alpha value is -2.15. The molecule has 2 heterocycles. The van der Waals surface area contributed by atoms with Crippen LogP contribution in [-0.4, -0.2) is 65.1 Å². The lowest BCUT2D eigenvalue weighted by molar-refractivity contribution is 0.0690. The van der Waals surface area contributed by atoms with Crippen molar-refractivity contribution in [3.05, 3.63) is 24.0 Å². The molecule has 2 N–H and O–H groups in total. The fourth-order valence-electron chi connectivity index (χ4n) is 2.05. The SMILES string of the molecule is CN1CCCN(C(=O)Nc2ccc(C(=O)O)nc2)CC1. The largest absolute Gasteiger partial charge is 0.477 e. The molecule has 1 aliphatic heterocycles. The van der Waals surface area contributed by atoms with Crippen molar-refractivity contribution < 1.29 is 14.7 Å². The zero-order valence-corrected chi connectivity index (χ0v) is 11.4. The van der Waals surface area contributed by atoms with Gasteiger partial charge in [-0.3, -0.25) is 0 Å². The number of amides is 2. The maximum Gasteiger partial charge on any atom is 0.354 e. The molecule has 1 saturated heterocycles.